The maximum absolute atomic E-state index is 6.27. The van der Waals surface area contributed by atoms with Gasteiger partial charge in [0, 0.05) is 24.6 Å². The fourth-order valence-corrected chi connectivity index (χ4v) is 2.58. The summed E-state index contributed by atoms with van der Waals surface area (Å²) in [7, 11) is 2.11. The van der Waals surface area contributed by atoms with Crippen molar-refractivity contribution in [3.8, 4) is 0 Å². The Hall–Kier alpha value is -0.830. The molecule has 0 aromatic carbocycles. The van der Waals surface area contributed by atoms with Crippen molar-refractivity contribution in [3.63, 3.8) is 0 Å². The van der Waals surface area contributed by atoms with Crippen LogP contribution >= 0.6 is 11.6 Å². The topological polar surface area (TPSA) is 29.0 Å². The van der Waals surface area contributed by atoms with Gasteiger partial charge in [0.05, 0.1) is 0 Å². The Balaban J connectivity index is 2.26. The van der Waals surface area contributed by atoms with E-state index < -0.39 is 0 Å². The largest absolute Gasteiger partial charge is 0.357 e. The summed E-state index contributed by atoms with van der Waals surface area (Å²) >= 11 is 6.27. The van der Waals surface area contributed by atoms with Crippen LogP contribution in [0.2, 0.25) is 5.15 Å². The predicted molar refractivity (Wildman–Crippen MR) is 81.1 cm³/mol. The van der Waals surface area contributed by atoms with Crippen LogP contribution in [0.1, 0.15) is 57.3 Å². The lowest BCUT2D eigenvalue weighted by Gasteiger charge is -2.29. The standard InChI is InChI=1S/C15H24ClN3/c1-9(2)8-10(3)19(5)15-11(4)13(16)17-14(18-15)12-6-7-12/h9-10,12H,6-8H2,1-5H3. The van der Waals surface area contributed by atoms with Gasteiger partial charge in [-0.05, 0) is 39.0 Å². The number of hydrogen-bond acceptors (Lipinski definition) is 3. The summed E-state index contributed by atoms with van der Waals surface area (Å²) in [6, 6.07) is 0.455. The molecule has 2 rings (SSSR count). The highest BCUT2D eigenvalue weighted by atomic mass is 35.5. The minimum absolute atomic E-state index is 0.455. The Morgan fingerprint density at radius 2 is 1.89 bits per heavy atom. The predicted octanol–water partition coefficient (Wildman–Crippen LogP) is 4.19. The molecule has 0 aliphatic heterocycles. The third-order valence-electron chi connectivity index (χ3n) is 3.83. The lowest BCUT2D eigenvalue weighted by Crippen LogP contribution is -2.31. The van der Waals surface area contributed by atoms with Gasteiger partial charge in [-0.25, -0.2) is 9.97 Å². The SMILES string of the molecule is Cc1c(Cl)nc(C2CC2)nc1N(C)C(C)CC(C)C. The van der Waals surface area contributed by atoms with Crippen LogP contribution in [-0.4, -0.2) is 23.1 Å². The van der Waals surface area contributed by atoms with Gasteiger partial charge in [0.15, 0.2) is 0 Å². The zero-order chi connectivity index (χ0) is 14.2. The Kier molecular flexibility index (Phi) is 4.34. The molecule has 1 aromatic heterocycles. The maximum atomic E-state index is 6.27. The lowest BCUT2D eigenvalue weighted by molar-refractivity contribution is 0.501. The van der Waals surface area contributed by atoms with Gasteiger partial charge in [-0.15, -0.1) is 0 Å². The minimum atomic E-state index is 0.455. The molecule has 0 bridgehead atoms. The number of halogens is 1. The van der Waals surface area contributed by atoms with Crippen LogP contribution in [-0.2, 0) is 0 Å². The van der Waals surface area contributed by atoms with Crippen LogP contribution in [0.25, 0.3) is 0 Å². The lowest BCUT2D eigenvalue weighted by atomic mass is 10.0. The highest BCUT2D eigenvalue weighted by Gasteiger charge is 2.29. The molecule has 1 aromatic rings. The first kappa shape index (κ1) is 14.6. The van der Waals surface area contributed by atoms with E-state index in [0.29, 0.717) is 23.0 Å². The summed E-state index contributed by atoms with van der Waals surface area (Å²) in [5.74, 6) is 3.13. The van der Waals surface area contributed by atoms with Gasteiger partial charge >= 0.3 is 0 Å². The molecule has 106 valence electrons. The average Bonchev–Trinajstić information content (AvgIpc) is 3.14. The molecule has 1 heterocycles. The summed E-state index contributed by atoms with van der Waals surface area (Å²) in [5.41, 5.74) is 0.990. The Morgan fingerprint density at radius 3 is 2.42 bits per heavy atom. The van der Waals surface area contributed by atoms with Gasteiger partial charge in [0.25, 0.3) is 0 Å². The van der Waals surface area contributed by atoms with Crippen LogP contribution < -0.4 is 4.90 Å². The average molecular weight is 282 g/mol. The Labute approximate surface area is 121 Å². The molecule has 1 saturated carbocycles. The molecule has 4 heteroatoms. The molecule has 1 atom stereocenters. The molecular formula is C15H24ClN3. The number of aromatic nitrogens is 2. The molecular weight excluding hydrogens is 258 g/mol. The second-order valence-corrected chi connectivity index (χ2v) is 6.54. The van der Waals surface area contributed by atoms with Gasteiger partial charge in [-0.3, -0.25) is 0 Å². The minimum Gasteiger partial charge on any atom is -0.357 e. The molecule has 19 heavy (non-hydrogen) atoms. The van der Waals surface area contributed by atoms with Crippen molar-refractivity contribution in [3.05, 3.63) is 16.5 Å². The van der Waals surface area contributed by atoms with E-state index in [2.05, 4.69) is 37.7 Å². The Bertz CT molecular complexity index is 455. The van der Waals surface area contributed by atoms with Crippen LogP contribution in [0.5, 0.6) is 0 Å². The van der Waals surface area contributed by atoms with Crippen LogP contribution in [0, 0.1) is 12.8 Å². The summed E-state index contributed by atoms with van der Waals surface area (Å²) in [5, 5.41) is 0.607. The van der Waals surface area contributed by atoms with Crippen molar-refractivity contribution in [2.45, 2.75) is 58.9 Å². The quantitative estimate of drug-likeness (QED) is 0.758. The normalized spacial score (nSPS) is 16.8. The van der Waals surface area contributed by atoms with Gasteiger partial charge in [-0.2, -0.15) is 0 Å². The number of anilines is 1. The van der Waals surface area contributed by atoms with Crippen LogP contribution in [0.15, 0.2) is 0 Å². The van der Waals surface area contributed by atoms with E-state index in [4.69, 9.17) is 16.6 Å². The number of rotatable bonds is 5. The summed E-state index contributed by atoms with van der Waals surface area (Å²) in [6.45, 7) is 8.75. The third-order valence-corrected chi connectivity index (χ3v) is 4.20. The van der Waals surface area contributed by atoms with Gasteiger partial charge in [-0.1, -0.05) is 25.4 Å². The highest BCUT2D eigenvalue weighted by molar-refractivity contribution is 6.30. The zero-order valence-corrected chi connectivity index (χ0v) is 13.3. The molecule has 0 saturated heterocycles. The van der Waals surface area contributed by atoms with E-state index >= 15 is 0 Å². The first-order valence-corrected chi connectivity index (χ1v) is 7.54. The maximum Gasteiger partial charge on any atom is 0.137 e. The third kappa shape index (κ3) is 3.38. The van der Waals surface area contributed by atoms with E-state index in [1.807, 2.05) is 6.92 Å². The van der Waals surface area contributed by atoms with E-state index in [-0.39, 0.29) is 0 Å². The highest BCUT2D eigenvalue weighted by Crippen LogP contribution is 2.40. The van der Waals surface area contributed by atoms with Gasteiger partial charge < -0.3 is 4.90 Å². The molecule has 1 unspecified atom stereocenters. The van der Waals surface area contributed by atoms with E-state index in [1.165, 1.54) is 12.8 Å². The van der Waals surface area contributed by atoms with Crippen molar-refractivity contribution in [1.82, 2.24) is 9.97 Å². The van der Waals surface area contributed by atoms with Crippen molar-refractivity contribution < 1.29 is 0 Å². The van der Waals surface area contributed by atoms with Crippen molar-refractivity contribution in [1.29, 1.82) is 0 Å². The summed E-state index contributed by atoms with van der Waals surface area (Å²) in [6.07, 6.45) is 3.55. The zero-order valence-electron chi connectivity index (χ0n) is 12.6. The fraction of sp³-hybridized carbons (Fsp3) is 0.733. The fourth-order valence-electron chi connectivity index (χ4n) is 2.41. The second-order valence-electron chi connectivity index (χ2n) is 6.18. The molecule has 3 nitrogen and oxygen atoms in total. The molecule has 0 radical (unpaired) electrons. The smallest absolute Gasteiger partial charge is 0.137 e. The van der Waals surface area contributed by atoms with E-state index in [9.17, 15) is 0 Å². The first-order valence-electron chi connectivity index (χ1n) is 7.17. The summed E-state index contributed by atoms with van der Waals surface area (Å²) < 4.78 is 0. The number of hydrogen-bond donors (Lipinski definition) is 0. The first-order chi connectivity index (χ1) is 8.90. The molecule has 1 aliphatic carbocycles. The van der Waals surface area contributed by atoms with E-state index in [1.54, 1.807) is 0 Å². The monoisotopic (exact) mass is 281 g/mol. The van der Waals surface area contributed by atoms with Crippen LogP contribution in [0.3, 0.4) is 0 Å². The Morgan fingerprint density at radius 1 is 1.26 bits per heavy atom. The number of nitrogens with zero attached hydrogens (tertiary/aromatic N) is 3. The molecule has 0 spiro atoms. The van der Waals surface area contributed by atoms with Crippen molar-refractivity contribution in [2.75, 3.05) is 11.9 Å². The van der Waals surface area contributed by atoms with Crippen molar-refractivity contribution >= 4 is 17.4 Å². The van der Waals surface area contributed by atoms with Crippen LogP contribution in [0.4, 0.5) is 5.82 Å². The second kappa shape index (κ2) is 5.66. The molecule has 1 fully saturated rings. The van der Waals surface area contributed by atoms with Crippen molar-refractivity contribution in [2.24, 2.45) is 5.92 Å². The summed E-state index contributed by atoms with van der Waals surface area (Å²) in [4.78, 5) is 11.4. The molecule has 0 N–H and O–H groups in total. The van der Waals surface area contributed by atoms with E-state index in [0.717, 1.165) is 23.6 Å². The molecule has 0 amide bonds. The molecule has 1 aliphatic rings. The van der Waals surface area contributed by atoms with Gasteiger partial charge in [0.2, 0.25) is 0 Å². The van der Waals surface area contributed by atoms with Gasteiger partial charge in [0.1, 0.15) is 16.8 Å².